The zero-order valence-electron chi connectivity index (χ0n) is 13.2. The first-order valence-electron chi connectivity index (χ1n) is 7.83. The highest BCUT2D eigenvalue weighted by Gasteiger charge is 2.36. The molecule has 2 aliphatic rings. The fourth-order valence-corrected chi connectivity index (χ4v) is 3.43. The Hall–Kier alpha value is -1.26. The fraction of sp³-hybridized carbons (Fsp3) is 0.588. The number of benzene rings is 1. The van der Waals surface area contributed by atoms with Crippen LogP contribution in [0.1, 0.15) is 31.2 Å². The molecular formula is C17H25ClN2O2. The average molecular weight is 325 g/mol. The van der Waals surface area contributed by atoms with Crippen LogP contribution >= 0.6 is 12.4 Å². The minimum Gasteiger partial charge on any atom is -0.484 e. The number of aryl methyl sites for hydroxylation is 1. The first-order valence-corrected chi connectivity index (χ1v) is 7.83. The molecule has 3 rings (SSSR count). The highest BCUT2D eigenvalue weighted by molar-refractivity contribution is 5.85. The summed E-state index contributed by atoms with van der Waals surface area (Å²) < 4.78 is 5.60. The molecule has 1 N–H and O–H groups in total. The summed E-state index contributed by atoms with van der Waals surface area (Å²) in [4.78, 5) is 14.2. The molecule has 2 unspecified atom stereocenters. The first kappa shape index (κ1) is 17.1. The molecule has 22 heavy (non-hydrogen) atoms. The molecule has 0 aliphatic carbocycles. The molecule has 1 aromatic carbocycles. The topological polar surface area (TPSA) is 41.6 Å². The van der Waals surface area contributed by atoms with Crippen LogP contribution < -0.4 is 10.1 Å². The maximum Gasteiger partial charge on any atom is 0.260 e. The van der Waals surface area contributed by atoms with Gasteiger partial charge in [-0.05, 0) is 44.7 Å². The quantitative estimate of drug-likeness (QED) is 0.925. The Bertz CT molecular complexity index is 494. The van der Waals surface area contributed by atoms with Crippen LogP contribution in [-0.4, -0.2) is 42.6 Å². The smallest absolute Gasteiger partial charge is 0.260 e. The summed E-state index contributed by atoms with van der Waals surface area (Å²) in [7, 11) is 1.91. The van der Waals surface area contributed by atoms with Crippen molar-refractivity contribution < 1.29 is 9.53 Å². The first-order chi connectivity index (χ1) is 10.1. The Labute approximate surface area is 138 Å². The fourth-order valence-electron chi connectivity index (χ4n) is 3.43. The van der Waals surface area contributed by atoms with Gasteiger partial charge in [-0.15, -0.1) is 12.4 Å². The second-order valence-electron chi connectivity index (χ2n) is 6.37. The van der Waals surface area contributed by atoms with Crippen LogP contribution in [0.3, 0.4) is 0 Å². The lowest BCUT2D eigenvalue weighted by Crippen LogP contribution is -2.49. The summed E-state index contributed by atoms with van der Waals surface area (Å²) in [6.07, 6.45) is 4.65. The number of halogens is 1. The Kier molecular flexibility index (Phi) is 5.70. The molecule has 1 amide bonds. The van der Waals surface area contributed by atoms with Crippen molar-refractivity contribution in [2.45, 2.75) is 50.7 Å². The number of nitrogens with one attached hydrogen (secondary N) is 1. The summed E-state index contributed by atoms with van der Waals surface area (Å²) in [6.45, 7) is 2.16. The molecular weight excluding hydrogens is 300 g/mol. The normalized spacial score (nSPS) is 26.2. The van der Waals surface area contributed by atoms with Gasteiger partial charge in [0.05, 0.1) is 0 Å². The van der Waals surface area contributed by atoms with E-state index < -0.39 is 0 Å². The van der Waals surface area contributed by atoms with Crippen LogP contribution in [-0.2, 0) is 4.79 Å². The maximum atomic E-state index is 12.3. The number of nitrogens with zero attached hydrogens (tertiary/aromatic N) is 1. The van der Waals surface area contributed by atoms with E-state index in [-0.39, 0.29) is 24.9 Å². The van der Waals surface area contributed by atoms with Crippen molar-refractivity contribution in [2.75, 3.05) is 13.7 Å². The van der Waals surface area contributed by atoms with Crippen molar-refractivity contribution in [3.63, 3.8) is 0 Å². The molecule has 0 aromatic heterocycles. The largest absolute Gasteiger partial charge is 0.484 e. The molecule has 2 bridgehead atoms. The third kappa shape index (κ3) is 3.93. The number of ether oxygens (including phenoxy) is 1. The second-order valence-corrected chi connectivity index (χ2v) is 6.37. The van der Waals surface area contributed by atoms with E-state index in [2.05, 4.69) is 5.32 Å². The van der Waals surface area contributed by atoms with Crippen molar-refractivity contribution in [3.8, 4) is 5.75 Å². The highest BCUT2D eigenvalue weighted by atomic mass is 35.5. The number of hydrogen-bond acceptors (Lipinski definition) is 3. The Balaban J connectivity index is 0.00000176. The number of fused-ring (bicyclic) bond motifs is 2. The van der Waals surface area contributed by atoms with Crippen LogP contribution in [0.2, 0.25) is 0 Å². The molecule has 2 saturated heterocycles. The Morgan fingerprint density at radius 1 is 1.23 bits per heavy atom. The van der Waals surface area contributed by atoms with Crippen molar-refractivity contribution in [3.05, 3.63) is 29.8 Å². The van der Waals surface area contributed by atoms with Gasteiger partial charge in [-0.25, -0.2) is 0 Å². The lowest BCUT2D eigenvalue weighted by Gasteiger charge is -2.35. The van der Waals surface area contributed by atoms with Crippen LogP contribution in [0.15, 0.2) is 24.3 Å². The van der Waals surface area contributed by atoms with Gasteiger partial charge in [0, 0.05) is 25.2 Å². The third-order valence-corrected chi connectivity index (χ3v) is 4.77. The van der Waals surface area contributed by atoms with Gasteiger partial charge in [-0.1, -0.05) is 17.7 Å². The van der Waals surface area contributed by atoms with Crippen molar-refractivity contribution in [2.24, 2.45) is 0 Å². The number of carbonyl (C=O) groups excluding carboxylic acids is 1. The maximum absolute atomic E-state index is 12.3. The molecule has 0 saturated carbocycles. The minimum atomic E-state index is 0. The summed E-state index contributed by atoms with van der Waals surface area (Å²) in [5.74, 6) is 0.828. The monoisotopic (exact) mass is 324 g/mol. The highest BCUT2D eigenvalue weighted by Crippen LogP contribution is 2.29. The standard InChI is InChI=1S/C17H24N2O2.ClH/c1-12-3-7-16(8-4-12)21-11-17(20)19(2)15-9-13-5-6-14(10-15)18-13;/h3-4,7-8,13-15,18H,5-6,9-11H2,1-2H3;1H. The van der Waals surface area contributed by atoms with Gasteiger partial charge >= 0.3 is 0 Å². The van der Waals surface area contributed by atoms with E-state index in [1.165, 1.54) is 18.4 Å². The Morgan fingerprint density at radius 2 is 1.82 bits per heavy atom. The van der Waals surface area contributed by atoms with Gasteiger partial charge in [0.1, 0.15) is 5.75 Å². The van der Waals surface area contributed by atoms with Gasteiger partial charge in [0.25, 0.3) is 5.91 Å². The van der Waals surface area contributed by atoms with Crippen LogP contribution in [0.4, 0.5) is 0 Å². The van der Waals surface area contributed by atoms with Gasteiger partial charge in [0.15, 0.2) is 6.61 Å². The zero-order chi connectivity index (χ0) is 14.8. The number of carbonyl (C=O) groups is 1. The second kappa shape index (κ2) is 7.34. The SMILES string of the molecule is Cc1ccc(OCC(=O)N(C)C2CC3CCC(C2)N3)cc1.Cl. The molecule has 1 aromatic rings. The number of rotatable bonds is 4. The lowest BCUT2D eigenvalue weighted by molar-refractivity contribution is -0.134. The van der Waals surface area contributed by atoms with Gasteiger partial charge in [0.2, 0.25) is 0 Å². The Morgan fingerprint density at radius 3 is 2.41 bits per heavy atom. The van der Waals surface area contributed by atoms with Gasteiger partial charge in [-0.3, -0.25) is 4.79 Å². The van der Waals surface area contributed by atoms with Crippen LogP contribution in [0, 0.1) is 6.92 Å². The predicted molar refractivity (Wildman–Crippen MR) is 89.7 cm³/mol. The summed E-state index contributed by atoms with van der Waals surface area (Å²) in [5.41, 5.74) is 1.19. The van der Waals surface area contributed by atoms with Crippen LogP contribution in [0.5, 0.6) is 5.75 Å². The average Bonchev–Trinajstić information content (AvgIpc) is 2.84. The van der Waals surface area contributed by atoms with E-state index in [0.717, 1.165) is 18.6 Å². The van der Waals surface area contributed by atoms with Crippen molar-refractivity contribution >= 4 is 18.3 Å². The van der Waals surface area contributed by atoms with Crippen LogP contribution in [0.25, 0.3) is 0 Å². The molecule has 122 valence electrons. The third-order valence-electron chi connectivity index (χ3n) is 4.77. The van der Waals surface area contributed by atoms with Gasteiger partial charge in [-0.2, -0.15) is 0 Å². The number of hydrogen-bond donors (Lipinski definition) is 1. The molecule has 0 spiro atoms. The van der Waals surface area contributed by atoms with E-state index in [4.69, 9.17) is 4.74 Å². The van der Waals surface area contributed by atoms with E-state index >= 15 is 0 Å². The number of likely N-dealkylation sites (N-methyl/N-ethyl adjacent to an activating group) is 1. The zero-order valence-corrected chi connectivity index (χ0v) is 14.1. The molecule has 0 radical (unpaired) electrons. The van der Waals surface area contributed by atoms with E-state index in [1.54, 1.807) is 0 Å². The van der Waals surface area contributed by atoms with E-state index in [0.29, 0.717) is 18.1 Å². The minimum absolute atomic E-state index is 0. The lowest BCUT2D eigenvalue weighted by atomic mass is 9.98. The number of amides is 1. The number of piperidine rings is 1. The molecule has 5 heteroatoms. The van der Waals surface area contributed by atoms with Gasteiger partial charge < -0.3 is 15.0 Å². The van der Waals surface area contributed by atoms with E-state index in [1.807, 2.05) is 43.1 Å². The van der Waals surface area contributed by atoms with Crippen molar-refractivity contribution in [1.82, 2.24) is 10.2 Å². The molecule has 2 fully saturated rings. The summed E-state index contributed by atoms with van der Waals surface area (Å²) >= 11 is 0. The predicted octanol–water partition coefficient (Wildman–Crippen LogP) is 2.54. The van der Waals surface area contributed by atoms with Crippen molar-refractivity contribution in [1.29, 1.82) is 0 Å². The molecule has 2 heterocycles. The van der Waals surface area contributed by atoms with E-state index in [9.17, 15) is 4.79 Å². The summed E-state index contributed by atoms with van der Waals surface area (Å²) in [5, 5.41) is 3.61. The molecule has 2 aliphatic heterocycles. The molecule has 4 nitrogen and oxygen atoms in total. The molecule has 2 atom stereocenters. The summed E-state index contributed by atoms with van der Waals surface area (Å²) in [6, 6.07) is 9.37.